The van der Waals surface area contributed by atoms with Crippen LogP contribution < -0.4 is 9.80 Å². The molecule has 5 heterocycles. The van der Waals surface area contributed by atoms with Crippen LogP contribution in [0.1, 0.15) is 17.0 Å². The molecular weight excluding hydrogens is 356 g/mol. The van der Waals surface area contributed by atoms with Gasteiger partial charge in [0, 0.05) is 44.4 Å². The lowest BCUT2D eigenvalue weighted by Gasteiger charge is -2.35. The van der Waals surface area contributed by atoms with Crippen LogP contribution in [0.15, 0.2) is 30.5 Å². The van der Waals surface area contributed by atoms with Gasteiger partial charge in [0.15, 0.2) is 17.5 Å². The standard InChI is InChI=1S/C19H22N8O/c1-14-4-6-27(24-14)18-3-2-17(21-22-18)25-7-9-26(10-8-25)19-12-15-13-28-11-5-16(15)20-23-19/h2-4,6,12H,5,7-11,13H2,1H3. The molecule has 1 fully saturated rings. The summed E-state index contributed by atoms with van der Waals surface area (Å²) in [5.41, 5.74) is 3.18. The first-order chi connectivity index (χ1) is 13.8. The quantitative estimate of drug-likeness (QED) is 0.671. The lowest BCUT2D eigenvalue weighted by Crippen LogP contribution is -2.47. The number of ether oxygens (including phenoxy) is 1. The topological polar surface area (TPSA) is 85.1 Å². The van der Waals surface area contributed by atoms with Gasteiger partial charge in [0.25, 0.3) is 0 Å². The van der Waals surface area contributed by atoms with Gasteiger partial charge >= 0.3 is 0 Å². The van der Waals surface area contributed by atoms with Gasteiger partial charge in [0.05, 0.1) is 24.6 Å². The number of piperazine rings is 1. The highest BCUT2D eigenvalue weighted by Crippen LogP contribution is 2.21. The second kappa shape index (κ2) is 7.16. The normalized spacial score (nSPS) is 16.9. The van der Waals surface area contributed by atoms with E-state index in [1.807, 2.05) is 31.3 Å². The Hall–Kier alpha value is -3.07. The molecule has 0 aromatic carbocycles. The molecule has 0 amide bonds. The third-order valence-corrected chi connectivity index (χ3v) is 5.21. The van der Waals surface area contributed by atoms with E-state index in [0.29, 0.717) is 6.61 Å². The van der Waals surface area contributed by atoms with Crippen LogP contribution >= 0.6 is 0 Å². The molecule has 9 heteroatoms. The van der Waals surface area contributed by atoms with Crippen LogP contribution in [0.2, 0.25) is 0 Å². The molecule has 0 N–H and O–H groups in total. The molecule has 0 spiro atoms. The zero-order valence-electron chi connectivity index (χ0n) is 15.8. The molecule has 3 aromatic rings. The lowest BCUT2D eigenvalue weighted by atomic mass is 10.1. The minimum absolute atomic E-state index is 0.634. The van der Waals surface area contributed by atoms with Crippen molar-refractivity contribution in [2.24, 2.45) is 0 Å². The van der Waals surface area contributed by atoms with Crippen LogP contribution in [0.5, 0.6) is 0 Å². The van der Waals surface area contributed by atoms with Crippen molar-refractivity contribution >= 4 is 11.6 Å². The second-order valence-electron chi connectivity index (χ2n) is 7.10. The monoisotopic (exact) mass is 378 g/mol. The summed E-state index contributed by atoms with van der Waals surface area (Å²) in [6.07, 6.45) is 2.74. The third kappa shape index (κ3) is 3.29. The molecule has 0 radical (unpaired) electrons. The van der Waals surface area contributed by atoms with Crippen LogP contribution in [0.25, 0.3) is 5.82 Å². The predicted octanol–water partition coefficient (Wildman–Crippen LogP) is 1.16. The van der Waals surface area contributed by atoms with Crippen molar-refractivity contribution < 1.29 is 4.74 Å². The highest BCUT2D eigenvalue weighted by Gasteiger charge is 2.21. The number of aromatic nitrogens is 6. The van der Waals surface area contributed by atoms with E-state index in [1.54, 1.807) is 4.68 Å². The van der Waals surface area contributed by atoms with E-state index in [0.717, 1.165) is 73.6 Å². The van der Waals surface area contributed by atoms with Gasteiger partial charge in [0.2, 0.25) is 0 Å². The molecule has 0 aliphatic carbocycles. The Balaban J connectivity index is 1.24. The minimum atomic E-state index is 0.634. The van der Waals surface area contributed by atoms with Gasteiger partial charge in [-0.05, 0) is 31.2 Å². The number of anilines is 2. The summed E-state index contributed by atoms with van der Waals surface area (Å²) in [7, 11) is 0. The Morgan fingerprint density at radius 3 is 2.29 bits per heavy atom. The first-order valence-electron chi connectivity index (χ1n) is 9.56. The molecule has 0 atom stereocenters. The van der Waals surface area contributed by atoms with Crippen LogP contribution in [0.3, 0.4) is 0 Å². The predicted molar refractivity (Wildman–Crippen MR) is 104 cm³/mol. The number of fused-ring (bicyclic) bond motifs is 1. The van der Waals surface area contributed by atoms with E-state index in [-0.39, 0.29) is 0 Å². The fourth-order valence-corrected chi connectivity index (χ4v) is 3.60. The van der Waals surface area contributed by atoms with E-state index in [2.05, 4.69) is 41.4 Å². The summed E-state index contributed by atoms with van der Waals surface area (Å²) >= 11 is 0. The fraction of sp³-hybridized carbons (Fsp3) is 0.421. The van der Waals surface area contributed by atoms with E-state index < -0.39 is 0 Å². The Bertz CT molecular complexity index is 962. The van der Waals surface area contributed by atoms with Gasteiger partial charge in [-0.2, -0.15) is 10.2 Å². The first-order valence-corrected chi connectivity index (χ1v) is 9.56. The lowest BCUT2D eigenvalue weighted by molar-refractivity contribution is 0.109. The molecule has 0 unspecified atom stereocenters. The Morgan fingerprint density at radius 2 is 1.57 bits per heavy atom. The number of aryl methyl sites for hydroxylation is 1. The highest BCUT2D eigenvalue weighted by atomic mass is 16.5. The molecule has 28 heavy (non-hydrogen) atoms. The van der Waals surface area contributed by atoms with Crippen molar-refractivity contribution in [2.45, 2.75) is 20.0 Å². The molecule has 5 rings (SSSR count). The van der Waals surface area contributed by atoms with E-state index in [4.69, 9.17) is 4.74 Å². The average molecular weight is 378 g/mol. The first kappa shape index (κ1) is 17.1. The second-order valence-corrected chi connectivity index (χ2v) is 7.10. The van der Waals surface area contributed by atoms with Crippen LogP contribution in [-0.4, -0.2) is 63.0 Å². The van der Waals surface area contributed by atoms with Crippen molar-refractivity contribution in [3.05, 3.63) is 47.4 Å². The Kier molecular flexibility index (Phi) is 4.36. The molecule has 0 saturated carbocycles. The van der Waals surface area contributed by atoms with Crippen LogP contribution in [0, 0.1) is 6.92 Å². The zero-order valence-corrected chi connectivity index (χ0v) is 15.8. The van der Waals surface area contributed by atoms with Crippen molar-refractivity contribution in [3.63, 3.8) is 0 Å². The van der Waals surface area contributed by atoms with Gasteiger partial charge in [-0.1, -0.05) is 0 Å². The molecular formula is C19H22N8O. The number of nitrogens with zero attached hydrogens (tertiary/aromatic N) is 8. The Labute approximate surface area is 163 Å². The maximum atomic E-state index is 5.54. The smallest absolute Gasteiger partial charge is 0.175 e. The van der Waals surface area contributed by atoms with Crippen molar-refractivity contribution in [1.82, 2.24) is 30.2 Å². The molecule has 2 aliphatic heterocycles. The summed E-state index contributed by atoms with van der Waals surface area (Å²) in [4.78, 5) is 4.52. The zero-order chi connectivity index (χ0) is 18.9. The maximum Gasteiger partial charge on any atom is 0.175 e. The average Bonchev–Trinajstić information content (AvgIpc) is 3.20. The molecule has 3 aromatic heterocycles. The van der Waals surface area contributed by atoms with Crippen molar-refractivity contribution in [3.8, 4) is 5.82 Å². The van der Waals surface area contributed by atoms with Gasteiger partial charge in [-0.25, -0.2) is 4.68 Å². The summed E-state index contributed by atoms with van der Waals surface area (Å²) in [6, 6.07) is 8.03. The molecule has 144 valence electrons. The number of hydrogen-bond donors (Lipinski definition) is 0. The molecule has 9 nitrogen and oxygen atoms in total. The van der Waals surface area contributed by atoms with Crippen LogP contribution in [0.4, 0.5) is 11.6 Å². The molecule has 2 aliphatic rings. The molecule has 1 saturated heterocycles. The number of rotatable bonds is 3. The van der Waals surface area contributed by atoms with Gasteiger partial charge < -0.3 is 14.5 Å². The SMILES string of the molecule is Cc1ccn(-c2ccc(N3CCN(c4cc5c(nn4)CCOC5)CC3)nn2)n1. The summed E-state index contributed by atoms with van der Waals surface area (Å²) in [6.45, 7) is 6.80. The summed E-state index contributed by atoms with van der Waals surface area (Å²) in [5, 5.41) is 21.9. The summed E-state index contributed by atoms with van der Waals surface area (Å²) < 4.78 is 7.28. The number of hydrogen-bond acceptors (Lipinski definition) is 8. The van der Waals surface area contributed by atoms with E-state index in [1.165, 1.54) is 0 Å². The molecule has 0 bridgehead atoms. The maximum absolute atomic E-state index is 5.54. The van der Waals surface area contributed by atoms with Crippen molar-refractivity contribution in [1.29, 1.82) is 0 Å². The van der Waals surface area contributed by atoms with Crippen molar-refractivity contribution in [2.75, 3.05) is 42.6 Å². The highest BCUT2D eigenvalue weighted by molar-refractivity contribution is 5.46. The van der Waals surface area contributed by atoms with Gasteiger partial charge in [-0.3, -0.25) is 0 Å². The van der Waals surface area contributed by atoms with Gasteiger partial charge in [0.1, 0.15) is 0 Å². The van der Waals surface area contributed by atoms with Gasteiger partial charge in [-0.15, -0.1) is 15.3 Å². The minimum Gasteiger partial charge on any atom is -0.376 e. The van der Waals surface area contributed by atoms with Crippen LogP contribution in [-0.2, 0) is 17.8 Å². The van der Waals surface area contributed by atoms with E-state index >= 15 is 0 Å². The Morgan fingerprint density at radius 1 is 0.857 bits per heavy atom. The third-order valence-electron chi connectivity index (χ3n) is 5.21. The fourth-order valence-electron chi connectivity index (χ4n) is 3.60. The largest absolute Gasteiger partial charge is 0.376 e. The summed E-state index contributed by atoms with van der Waals surface area (Å²) in [5.74, 6) is 2.54. The van der Waals surface area contributed by atoms with E-state index in [9.17, 15) is 0 Å².